The molecule has 1 aromatic rings. The summed E-state index contributed by atoms with van der Waals surface area (Å²) in [5, 5.41) is 7.44. The number of benzene rings is 1. The standard InChI is InChI=1S/C8H7FNO4P/c9-14-15(12,13)8(11)5-10-7-4-2-1-3-6(7)8/h1-5,11H,(H,12,13). The molecule has 0 bridgehead atoms. The van der Waals surface area contributed by atoms with E-state index in [1.54, 1.807) is 6.07 Å². The summed E-state index contributed by atoms with van der Waals surface area (Å²) < 4.78 is 26.2. The number of nitrogens with zero attached hydrogens (tertiary/aromatic N) is 1. The molecule has 1 aromatic carbocycles. The van der Waals surface area contributed by atoms with Gasteiger partial charge < -0.3 is 10.00 Å². The second kappa shape index (κ2) is 3.21. The Morgan fingerprint density at radius 1 is 1.47 bits per heavy atom. The maximum atomic E-state index is 11.9. The van der Waals surface area contributed by atoms with Crippen LogP contribution in [0.25, 0.3) is 0 Å². The first-order valence-corrected chi connectivity index (χ1v) is 5.59. The van der Waals surface area contributed by atoms with Gasteiger partial charge in [-0.2, -0.15) is 0 Å². The van der Waals surface area contributed by atoms with E-state index in [0.717, 1.165) is 6.21 Å². The van der Waals surface area contributed by atoms with Gasteiger partial charge in [0.2, 0.25) is 5.34 Å². The molecule has 15 heavy (non-hydrogen) atoms. The van der Waals surface area contributed by atoms with Gasteiger partial charge in [-0.3, -0.25) is 9.56 Å². The van der Waals surface area contributed by atoms with Crippen molar-refractivity contribution in [3.63, 3.8) is 0 Å². The van der Waals surface area contributed by atoms with Gasteiger partial charge in [-0.15, -0.1) is 4.73 Å². The summed E-state index contributed by atoms with van der Waals surface area (Å²) >= 11 is 0. The van der Waals surface area contributed by atoms with Gasteiger partial charge >= 0.3 is 7.60 Å². The van der Waals surface area contributed by atoms with E-state index >= 15 is 0 Å². The Balaban J connectivity index is 2.60. The molecule has 0 amide bonds. The molecule has 5 nitrogen and oxygen atoms in total. The van der Waals surface area contributed by atoms with E-state index in [-0.39, 0.29) is 5.56 Å². The minimum Gasteiger partial charge on any atom is -0.369 e. The molecule has 1 heterocycles. The average molecular weight is 231 g/mol. The van der Waals surface area contributed by atoms with Gasteiger partial charge in [-0.1, -0.05) is 18.2 Å². The molecule has 7 heteroatoms. The summed E-state index contributed by atoms with van der Waals surface area (Å²) in [5.41, 5.74) is 0.361. The third-order valence-corrected chi connectivity index (χ3v) is 3.61. The van der Waals surface area contributed by atoms with Crippen molar-refractivity contribution >= 4 is 19.5 Å². The van der Waals surface area contributed by atoms with Crippen LogP contribution < -0.4 is 0 Å². The zero-order chi connectivity index (χ0) is 11.1. The Labute approximate surface area is 84.3 Å². The monoisotopic (exact) mass is 231 g/mol. The third kappa shape index (κ3) is 1.34. The van der Waals surface area contributed by atoms with E-state index < -0.39 is 12.9 Å². The number of para-hydroxylation sites is 1. The molecule has 0 aliphatic carbocycles. The van der Waals surface area contributed by atoms with Crippen molar-refractivity contribution in [3.05, 3.63) is 29.8 Å². The van der Waals surface area contributed by atoms with Crippen molar-refractivity contribution in [1.29, 1.82) is 0 Å². The van der Waals surface area contributed by atoms with Crippen LogP contribution in [0.3, 0.4) is 0 Å². The lowest BCUT2D eigenvalue weighted by Gasteiger charge is -2.22. The zero-order valence-corrected chi connectivity index (χ0v) is 8.26. The number of aliphatic hydroxyl groups is 1. The molecule has 0 aromatic heterocycles. The van der Waals surface area contributed by atoms with Crippen LogP contribution in [0.2, 0.25) is 0 Å². The van der Waals surface area contributed by atoms with Gasteiger partial charge in [-0.25, -0.2) is 0 Å². The average Bonchev–Trinajstić information content (AvgIpc) is 2.59. The van der Waals surface area contributed by atoms with Crippen LogP contribution in [0.15, 0.2) is 29.3 Å². The number of rotatable bonds is 2. The summed E-state index contributed by atoms with van der Waals surface area (Å²) in [4.78, 5) is 12.9. The van der Waals surface area contributed by atoms with E-state index in [4.69, 9.17) is 4.89 Å². The summed E-state index contributed by atoms with van der Waals surface area (Å²) in [6.07, 6.45) is 0.804. The largest absolute Gasteiger partial charge is 0.401 e. The van der Waals surface area contributed by atoms with Crippen molar-refractivity contribution in [1.82, 2.24) is 0 Å². The number of hydrogen-bond acceptors (Lipinski definition) is 4. The molecule has 2 N–H and O–H groups in total. The molecule has 80 valence electrons. The lowest BCUT2D eigenvalue weighted by atomic mass is 10.1. The second-order valence-electron chi connectivity index (χ2n) is 3.09. The number of aliphatic imine (C=N–C) groups is 1. The molecular weight excluding hydrogens is 224 g/mol. The van der Waals surface area contributed by atoms with Crippen LogP contribution in [0.4, 0.5) is 10.2 Å². The highest BCUT2D eigenvalue weighted by Crippen LogP contribution is 2.62. The fourth-order valence-corrected chi connectivity index (χ4v) is 2.21. The minimum atomic E-state index is -4.83. The van der Waals surface area contributed by atoms with Crippen molar-refractivity contribution < 1.29 is 23.8 Å². The van der Waals surface area contributed by atoms with Gasteiger partial charge in [0.1, 0.15) is 0 Å². The molecular formula is C8H7FNO4P. The van der Waals surface area contributed by atoms with Gasteiger partial charge in [-0.05, 0) is 10.6 Å². The molecule has 0 radical (unpaired) electrons. The van der Waals surface area contributed by atoms with Crippen LogP contribution in [0.5, 0.6) is 0 Å². The first kappa shape index (κ1) is 10.4. The SMILES string of the molecule is O=P(O)(OF)C1(O)C=Nc2ccccc21. The topological polar surface area (TPSA) is 79.1 Å². The first-order chi connectivity index (χ1) is 7.01. The molecule has 1 aliphatic rings. The number of halogens is 1. The molecule has 1 aliphatic heterocycles. The fraction of sp³-hybridized carbons (Fsp3) is 0.125. The molecule has 2 unspecified atom stereocenters. The highest BCUT2D eigenvalue weighted by Gasteiger charge is 2.52. The predicted octanol–water partition coefficient (Wildman–Crippen LogP) is 1.63. The van der Waals surface area contributed by atoms with E-state index in [1.807, 2.05) is 0 Å². The molecule has 0 saturated carbocycles. The highest BCUT2D eigenvalue weighted by molar-refractivity contribution is 7.54. The summed E-state index contributed by atoms with van der Waals surface area (Å²) in [5.74, 6) is 0. The van der Waals surface area contributed by atoms with Gasteiger partial charge in [0, 0.05) is 5.56 Å². The van der Waals surface area contributed by atoms with Crippen molar-refractivity contribution in [3.8, 4) is 0 Å². The Morgan fingerprint density at radius 3 is 2.80 bits per heavy atom. The number of hydrogen-bond donors (Lipinski definition) is 2. The van der Waals surface area contributed by atoms with Crippen LogP contribution in [0.1, 0.15) is 5.56 Å². The molecule has 2 atom stereocenters. The second-order valence-corrected chi connectivity index (χ2v) is 4.95. The van der Waals surface area contributed by atoms with Gasteiger partial charge in [0.25, 0.3) is 0 Å². The maximum absolute atomic E-state index is 11.9. The van der Waals surface area contributed by atoms with E-state index in [2.05, 4.69) is 9.72 Å². The van der Waals surface area contributed by atoms with Crippen LogP contribution in [0, 0.1) is 0 Å². The van der Waals surface area contributed by atoms with Crippen LogP contribution >= 0.6 is 7.60 Å². The minimum absolute atomic E-state index is 0.0495. The fourth-order valence-electron chi connectivity index (χ4n) is 1.40. The first-order valence-electron chi connectivity index (χ1n) is 4.01. The van der Waals surface area contributed by atoms with E-state index in [9.17, 15) is 14.2 Å². The third-order valence-electron chi connectivity index (χ3n) is 2.21. The van der Waals surface area contributed by atoms with Gasteiger partial charge in [0.05, 0.1) is 11.9 Å². The predicted molar refractivity (Wildman–Crippen MR) is 50.5 cm³/mol. The van der Waals surface area contributed by atoms with E-state index in [0.29, 0.717) is 5.69 Å². The zero-order valence-electron chi connectivity index (χ0n) is 7.37. The molecule has 0 spiro atoms. The highest BCUT2D eigenvalue weighted by atomic mass is 31.2. The Kier molecular flexibility index (Phi) is 2.24. The number of fused-ring (bicyclic) bond motifs is 1. The molecule has 0 fully saturated rings. The Hall–Kier alpha value is -1.07. The van der Waals surface area contributed by atoms with Crippen LogP contribution in [-0.2, 0) is 14.6 Å². The van der Waals surface area contributed by atoms with Crippen molar-refractivity contribution in [2.45, 2.75) is 5.34 Å². The van der Waals surface area contributed by atoms with Gasteiger partial charge in [0.15, 0.2) is 0 Å². The van der Waals surface area contributed by atoms with Crippen molar-refractivity contribution in [2.75, 3.05) is 0 Å². The summed E-state index contributed by atoms with van der Waals surface area (Å²) in [6.45, 7) is 0. The quantitative estimate of drug-likeness (QED) is 0.758. The lowest BCUT2D eigenvalue weighted by Crippen LogP contribution is -2.25. The van der Waals surface area contributed by atoms with Crippen molar-refractivity contribution in [2.24, 2.45) is 4.99 Å². The Bertz CT molecular complexity index is 477. The van der Waals surface area contributed by atoms with Crippen LogP contribution in [-0.4, -0.2) is 16.2 Å². The molecule has 0 saturated heterocycles. The maximum Gasteiger partial charge on any atom is 0.401 e. The Morgan fingerprint density at radius 2 is 2.13 bits per heavy atom. The molecule has 2 rings (SSSR count). The summed E-state index contributed by atoms with van der Waals surface area (Å²) in [7, 11) is -4.83. The smallest absolute Gasteiger partial charge is 0.369 e. The van der Waals surface area contributed by atoms with E-state index in [1.165, 1.54) is 18.2 Å². The lowest BCUT2D eigenvalue weighted by molar-refractivity contribution is -0.0363. The normalized spacial score (nSPS) is 27.4. The summed E-state index contributed by atoms with van der Waals surface area (Å²) in [6, 6.07) is 6.09.